The number of hydrogen-bond donors (Lipinski definition) is 0. The zero-order chi connectivity index (χ0) is 19.4. The summed E-state index contributed by atoms with van der Waals surface area (Å²) in [5.74, 6) is -0.610. The number of likely N-dealkylation sites (tertiary alicyclic amines) is 1. The molecule has 9 nitrogen and oxygen atoms in total. The first kappa shape index (κ1) is 18.9. The molecule has 2 amide bonds. The van der Waals surface area contributed by atoms with Crippen LogP contribution in [-0.2, 0) is 4.74 Å². The van der Waals surface area contributed by atoms with Gasteiger partial charge in [-0.15, -0.1) is 0 Å². The van der Waals surface area contributed by atoms with E-state index in [1.165, 1.54) is 25.7 Å². The molecule has 1 aromatic rings. The van der Waals surface area contributed by atoms with Gasteiger partial charge >= 0.3 is 12.0 Å². The third-order valence-corrected chi connectivity index (χ3v) is 5.11. The Morgan fingerprint density at radius 1 is 1.00 bits per heavy atom. The minimum Gasteiger partial charge on any atom is -0.465 e. The Hall–Kier alpha value is -2.84. The van der Waals surface area contributed by atoms with Crippen LogP contribution in [0, 0.1) is 10.1 Å². The Morgan fingerprint density at radius 2 is 1.63 bits per heavy atom. The van der Waals surface area contributed by atoms with Crippen molar-refractivity contribution in [3.05, 3.63) is 33.9 Å². The number of anilines is 1. The van der Waals surface area contributed by atoms with E-state index in [1.54, 1.807) is 6.07 Å². The van der Waals surface area contributed by atoms with Gasteiger partial charge in [0.25, 0.3) is 5.69 Å². The zero-order valence-electron chi connectivity index (χ0n) is 15.4. The second kappa shape index (κ2) is 8.24. The van der Waals surface area contributed by atoms with Gasteiger partial charge in [0.2, 0.25) is 0 Å². The first-order valence-electron chi connectivity index (χ1n) is 9.17. The smallest absolute Gasteiger partial charge is 0.338 e. The highest BCUT2D eigenvalue weighted by Gasteiger charge is 2.29. The van der Waals surface area contributed by atoms with E-state index in [1.807, 2.05) is 14.7 Å². The fraction of sp³-hybridized carbons (Fsp3) is 0.556. The summed E-state index contributed by atoms with van der Waals surface area (Å²) in [5.41, 5.74) is 0.471. The number of nitrogens with zero attached hydrogens (tertiary/aromatic N) is 4. The summed E-state index contributed by atoms with van der Waals surface area (Å²) >= 11 is 0. The number of rotatable bonds is 3. The number of piperidine rings is 1. The first-order valence-corrected chi connectivity index (χ1v) is 9.17. The second-order valence-electron chi connectivity index (χ2n) is 6.76. The number of amides is 2. The molecule has 0 spiro atoms. The van der Waals surface area contributed by atoms with Gasteiger partial charge in [-0.05, 0) is 31.4 Å². The Morgan fingerprint density at radius 3 is 2.22 bits per heavy atom. The molecule has 2 saturated heterocycles. The molecule has 2 aliphatic heterocycles. The molecule has 2 aliphatic rings. The highest BCUT2D eigenvalue weighted by atomic mass is 16.6. The standard InChI is InChI=1S/C18H24N4O5/c1-27-17(23)14-5-6-15(16(13-14)22(25)26)19-9-11-21(12-10-19)18(24)20-7-3-2-4-8-20/h5-6,13H,2-4,7-12H2,1H3. The molecule has 0 bridgehead atoms. The van der Waals surface area contributed by atoms with E-state index in [0.29, 0.717) is 31.9 Å². The van der Waals surface area contributed by atoms with Gasteiger partial charge in [0.05, 0.1) is 17.6 Å². The van der Waals surface area contributed by atoms with Crippen molar-refractivity contribution in [2.24, 2.45) is 0 Å². The maximum atomic E-state index is 12.6. The van der Waals surface area contributed by atoms with Gasteiger partial charge in [0.15, 0.2) is 0 Å². The van der Waals surface area contributed by atoms with Gasteiger partial charge in [-0.1, -0.05) is 0 Å². The summed E-state index contributed by atoms with van der Waals surface area (Å²) in [7, 11) is 1.24. The molecule has 2 fully saturated rings. The van der Waals surface area contributed by atoms with Crippen molar-refractivity contribution in [1.29, 1.82) is 0 Å². The fourth-order valence-corrected chi connectivity index (χ4v) is 3.61. The lowest BCUT2D eigenvalue weighted by Crippen LogP contribution is -2.53. The molecular formula is C18H24N4O5. The Labute approximate surface area is 157 Å². The van der Waals surface area contributed by atoms with Crippen molar-refractivity contribution in [2.75, 3.05) is 51.3 Å². The normalized spacial score (nSPS) is 17.6. The van der Waals surface area contributed by atoms with Crippen molar-refractivity contribution in [3.8, 4) is 0 Å². The molecule has 0 radical (unpaired) electrons. The molecule has 3 rings (SSSR count). The van der Waals surface area contributed by atoms with Crippen molar-refractivity contribution < 1.29 is 19.2 Å². The number of hydrogen-bond acceptors (Lipinski definition) is 6. The van der Waals surface area contributed by atoms with Crippen LogP contribution in [-0.4, -0.2) is 73.1 Å². The molecule has 9 heteroatoms. The van der Waals surface area contributed by atoms with E-state index in [2.05, 4.69) is 4.74 Å². The number of methoxy groups -OCH3 is 1. The van der Waals surface area contributed by atoms with Gasteiger partial charge in [-0.25, -0.2) is 9.59 Å². The largest absolute Gasteiger partial charge is 0.465 e. The number of urea groups is 1. The van der Waals surface area contributed by atoms with Gasteiger partial charge in [-0.2, -0.15) is 0 Å². The summed E-state index contributed by atoms with van der Waals surface area (Å²) in [4.78, 5) is 40.8. The SMILES string of the molecule is COC(=O)c1ccc(N2CCN(C(=O)N3CCCCC3)CC2)c([N+](=O)[O-])c1. The zero-order valence-corrected chi connectivity index (χ0v) is 15.4. The fourth-order valence-electron chi connectivity index (χ4n) is 3.61. The number of benzene rings is 1. The monoisotopic (exact) mass is 376 g/mol. The van der Waals surface area contributed by atoms with E-state index in [4.69, 9.17) is 0 Å². The van der Waals surface area contributed by atoms with Crippen LogP contribution in [0.2, 0.25) is 0 Å². The van der Waals surface area contributed by atoms with Crippen LogP contribution in [0.5, 0.6) is 0 Å². The van der Waals surface area contributed by atoms with Gasteiger partial charge in [-0.3, -0.25) is 10.1 Å². The van der Waals surface area contributed by atoms with Crippen LogP contribution in [0.15, 0.2) is 18.2 Å². The molecule has 0 unspecified atom stereocenters. The van der Waals surface area contributed by atoms with Gasteiger partial charge in [0, 0.05) is 45.3 Å². The van der Waals surface area contributed by atoms with E-state index >= 15 is 0 Å². The lowest BCUT2D eigenvalue weighted by molar-refractivity contribution is -0.384. The van der Waals surface area contributed by atoms with E-state index in [9.17, 15) is 19.7 Å². The maximum absolute atomic E-state index is 12.6. The Kier molecular flexibility index (Phi) is 5.78. The predicted molar refractivity (Wildman–Crippen MR) is 99.0 cm³/mol. The van der Waals surface area contributed by atoms with Crippen molar-refractivity contribution in [1.82, 2.24) is 9.80 Å². The van der Waals surface area contributed by atoms with Crippen LogP contribution in [0.3, 0.4) is 0 Å². The van der Waals surface area contributed by atoms with Crippen molar-refractivity contribution >= 4 is 23.4 Å². The summed E-state index contributed by atoms with van der Waals surface area (Å²) < 4.78 is 4.63. The third kappa shape index (κ3) is 4.12. The summed E-state index contributed by atoms with van der Waals surface area (Å²) in [6.07, 6.45) is 3.26. The number of piperazine rings is 1. The van der Waals surface area contributed by atoms with Crippen LogP contribution in [0.25, 0.3) is 0 Å². The lowest BCUT2D eigenvalue weighted by Gasteiger charge is -2.39. The number of carbonyl (C=O) groups is 2. The van der Waals surface area contributed by atoms with Crippen LogP contribution >= 0.6 is 0 Å². The average Bonchev–Trinajstić information content (AvgIpc) is 2.73. The topological polar surface area (TPSA) is 96.2 Å². The molecule has 2 heterocycles. The molecule has 0 aliphatic carbocycles. The first-order chi connectivity index (χ1) is 13.0. The Bertz CT molecular complexity index is 724. The van der Waals surface area contributed by atoms with Crippen LogP contribution < -0.4 is 4.90 Å². The average molecular weight is 376 g/mol. The highest BCUT2D eigenvalue weighted by Crippen LogP contribution is 2.30. The van der Waals surface area contributed by atoms with Gasteiger partial charge < -0.3 is 19.4 Å². The van der Waals surface area contributed by atoms with Gasteiger partial charge in [0.1, 0.15) is 5.69 Å². The number of nitro benzene ring substituents is 1. The number of carbonyl (C=O) groups excluding carboxylic acids is 2. The highest BCUT2D eigenvalue weighted by molar-refractivity contribution is 5.91. The summed E-state index contributed by atoms with van der Waals surface area (Å²) in [6.45, 7) is 3.67. The quantitative estimate of drug-likeness (QED) is 0.455. The van der Waals surface area contributed by atoms with E-state index in [-0.39, 0.29) is 17.3 Å². The predicted octanol–water partition coefficient (Wildman–Crippen LogP) is 2.11. The number of nitro groups is 1. The van der Waals surface area contributed by atoms with Crippen molar-refractivity contribution in [2.45, 2.75) is 19.3 Å². The Balaban J connectivity index is 1.69. The maximum Gasteiger partial charge on any atom is 0.338 e. The summed E-state index contributed by atoms with van der Waals surface area (Å²) in [5, 5.41) is 11.5. The van der Waals surface area contributed by atoms with Crippen LogP contribution in [0.1, 0.15) is 29.6 Å². The van der Waals surface area contributed by atoms with Crippen molar-refractivity contribution in [3.63, 3.8) is 0 Å². The molecule has 0 N–H and O–H groups in total. The number of esters is 1. The lowest BCUT2D eigenvalue weighted by atomic mass is 10.1. The molecule has 146 valence electrons. The number of ether oxygens (including phenoxy) is 1. The van der Waals surface area contributed by atoms with Crippen LogP contribution in [0.4, 0.5) is 16.2 Å². The molecule has 1 aromatic carbocycles. The van der Waals surface area contributed by atoms with E-state index in [0.717, 1.165) is 25.9 Å². The molecule has 0 aromatic heterocycles. The molecule has 27 heavy (non-hydrogen) atoms. The minimum absolute atomic E-state index is 0.0601. The third-order valence-electron chi connectivity index (χ3n) is 5.11. The summed E-state index contributed by atoms with van der Waals surface area (Å²) in [6, 6.07) is 4.41. The molecule has 0 saturated carbocycles. The minimum atomic E-state index is -0.610. The van der Waals surface area contributed by atoms with E-state index < -0.39 is 10.9 Å². The molecule has 0 atom stereocenters. The molecular weight excluding hydrogens is 352 g/mol. The second-order valence-corrected chi connectivity index (χ2v) is 6.76.